The number of ether oxygens (including phenoxy) is 1. The molecule has 0 spiro atoms. The smallest absolute Gasteiger partial charge is 0.416 e. The van der Waals surface area contributed by atoms with E-state index >= 15 is 0 Å². The summed E-state index contributed by atoms with van der Waals surface area (Å²) < 4.78 is 42.7. The number of benzene rings is 2. The maximum Gasteiger partial charge on any atom is 0.416 e. The summed E-state index contributed by atoms with van der Waals surface area (Å²) in [5.74, 6) is 0.510. The molecule has 1 atom stereocenters. The highest BCUT2D eigenvalue weighted by atomic mass is 35.5. The Morgan fingerprint density at radius 3 is 2.05 bits per heavy atom. The van der Waals surface area contributed by atoms with Crippen LogP contribution in [0.1, 0.15) is 29.5 Å². The minimum absolute atomic E-state index is 0.0595. The monoisotopic (exact) mass is 314 g/mol. The van der Waals surface area contributed by atoms with Gasteiger partial charge < -0.3 is 4.74 Å². The molecule has 0 fully saturated rings. The van der Waals surface area contributed by atoms with Crippen molar-refractivity contribution in [3.63, 3.8) is 0 Å². The van der Waals surface area contributed by atoms with E-state index < -0.39 is 11.7 Å². The predicted molar refractivity (Wildman–Crippen MR) is 77.0 cm³/mol. The van der Waals surface area contributed by atoms with Gasteiger partial charge in [-0.05, 0) is 35.4 Å². The van der Waals surface area contributed by atoms with Gasteiger partial charge in [0.2, 0.25) is 0 Å². The van der Waals surface area contributed by atoms with Gasteiger partial charge in [0.25, 0.3) is 0 Å². The summed E-state index contributed by atoms with van der Waals surface area (Å²) in [7, 11) is 1.53. The van der Waals surface area contributed by atoms with Crippen LogP contribution in [0.15, 0.2) is 42.5 Å². The first-order valence-corrected chi connectivity index (χ1v) is 6.71. The van der Waals surface area contributed by atoms with Crippen LogP contribution in [0.25, 0.3) is 0 Å². The molecule has 0 bridgehead atoms. The molecule has 112 valence electrons. The summed E-state index contributed by atoms with van der Waals surface area (Å²) in [6.07, 6.45) is -4.31. The van der Waals surface area contributed by atoms with Gasteiger partial charge in [-0.15, -0.1) is 0 Å². The summed E-state index contributed by atoms with van der Waals surface area (Å²) in [5.41, 5.74) is 1.07. The van der Waals surface area contributed by atoms with Gasteiger partial charge in [0, 0.05) is 5.92 Å². The van der Waals surface area contributed by atoms with E-state index in [9.17, 15) is 13.2 Å². The summed E-state index contributed by atoms with van der Waals surface area (Å²) in [6.45, 7) is 1.92. The zero-order chi connectivity index (χ0) is 15.6. The molecule has 21 heavy (non-hydrogen) atoms. The van der Waals surface area contributed by atoms with Gasteiger partial charge in [-0.3, -0.25) is 0 Å². The van der Waals surface area contributed by atoms with Crippen LogP contribution in [-0.2, 0) is 6.18 Å². The number of hydrogen-bond acceptors (Lipinski definition) is 1. The first-order valence-electron chi connectivity index (χ1n) is 6.33. The first-order chi connectivity index (χ1) is 9.82. The number of alkyl halides is 3. The summed E-state index contributed by atoms with van der Waals surface area (Å²) >= 11 is 6.07. The number of rotatable bonds is 3. The van der Waals surface area contributed by atoms with Crippen LogP contribution < -0.4 is 4.74 Å². The zero-order valence-electron chi connectivity index (χ0n) is 11.5. The molecule has 0 aliphatic carbocycles. The molecule has 2 rings (SSSR count). The van der Waals surface area contributed by atoms with Crippen LogP contribution in [-0.4, -0.2) is 7.11 Å². The Bertz CT molecular complexity index is 620. The molecule has 1 nitrogen and oxygen atoms in total. The summed E-state index contributed by atoms with van der Waals surface area (Å²) in [5, 5.41) is 0.480. The van der Waals surface area contributed by atoms with Gasteiger partial charge >= 0.3 is 6.18 Å². The van der Waals surface area contributed by atoms with Gasteiger partial charge in [-0.1, -0.05) is 36.7 Å². The van der Waals surface area contributed by atoms with Crippen molar-refractivity contribution in [2.75, 3.05) is 7.11 Å². The molecule has 0 aromatic heterocycles. The Balaban J connectivity index is 2.27. The summed E-state index contributed by atoms with van der Waals surface area (Å²) in [6, 6.07) is 10.5. The Labute approximate surface area is 126 Å². The second kappa shape index (κ2) is 5.98. The number of halogens is 4. The Morgan fingerprint density at radius 1 is 1.00 bits per heavy atom. The molecule has 2 aromatic rings. The minimum atomic E-state index is -4.31. The Morgan fingerprint density at radius 2 is 1.57 bits per heavy atom. The fourth-order valence-corrected chi connectivity index (χ4v) is 2.37. The van der Waals surface area contributed by atoms with Crippen molar-refractivity contribution >= 4 is 11.6 Å². The fourth-order valence-electron chi connectivity index (χ4n) is 2.11. The van der Waals surface area contributed by atoms with E-state index in [1.165, 1.54) is 19.2 Å². The highest BCUT2D eigenvalue weighted by Gasteiger charge is 2.30. The van der Waals surface area contributed by atoms with Crippen LogP contribution in [0.4, 0.5) is 13.2 Å². The van der Waals surface area contributed by atoms with Crippen LogP contribution in [0.2, 0.25) is 5.02 Å². The third kappa shape index (κ3) is 3.50. The predicted octanol–water partition coefficient (Wildman–Crippen LogP) is 5.52. The van der Waals surface area contributed by atoms with E-state index in [-0.39, 0.29) is 5.92 Å². The van der Waals surface area contributed by atoms with Crippen LogP contribution in [0, 0.1) is 0 Å². The van der Waals surface area contributed by atoms with E-state index in [0.29, 0.717) is 10.8 Å². The van der Waals surface area contributed by atoms with Gasteiger partial charge in [0.15, 0.2) is 0 Å². The van der Waals surface area contributed by atoms with E-state index in [1.807, 2.05) is 13.0 Å². The molecule has 0 radical (unpaired) electrons. The SMILES string of the molecule is COc1ccc(C(C)c2ccc(C(F)(F)F)cc2)cc1Cl. The first kappa shape index (κ1) is 15.7. The standard InChI is InChI=1S/C16H14ClF3O/c1-10(12-5-8-15(21-2)14(17)9-12)11-3-6-13(7-4-11)16(18,19)20/h3-10H,1-2H3. The normalized spacial score (nSPS) is 13.0. The van der Waals surface area contributed by atoms with Crippen LogP contribution in [0.5, 0.6) is 5.75 Å². The third-order valence-electron chi connectivity index (χ3n) is 3.41. The van der Waals surface area contributed by atoms with E-state index in [2.05, 4.69) is 0 Å². The van der Waals surface area contributed by atoms with Crippen molar-refractivity contribution in [2.24, 2.45) is 0 Å². The molecule has 0 N–H and O–H groups in total. The lowest BCUT2D eigenvalue weighted by atomic mass is 9.92. The number of hydrogen-bond donors (Lipinski definition) is 0. The van der Waals surface area contributed by atoms with Crippen molar-refractivity contribution in [2.45, 2.75) is 19.0 Å². The second-order valence-corrected chi connectivity index (χ2v) is 5.14. The average Bonchev–Trinajstić information content (AvgIpc) is 2.45. The lowest BCUT2D eigenvalue weighted by Crippen LogP contribution is -2.05. The topological polar surface area (TPSA) is 9.23 Å². The molecule has 5 heteroatoms. The zero-order valence-corrected chi connectivity index (χ0v) is 12.3. The maximum absolute atomic E-state index is 12.5. The molecule has 0 aliphatic rings. The lowest BCUT2D eigenvalue weighted by Gasteiger charge is -2.15. The highest BCUT2D eigenvalue weighted by Crippen LogP contribution is 2.33. The Hall–Kier alpha value is -1.68. The molecule has 0 heterocycles. The molecule has 0 saturated heterocycles. The summed E-state index contributed by atoms with van der Waals surface area (Å²) in [4.78, 5) is 0. The quantitative estimate of drug-likeness (QED) is 0.725. The van der Waals surface area contributed by atoms with E-state index in [4.69, 9.17) is 16.3 Å². The molecule has 0 aliphatic heterocycles. The van der Waals surface area contributed by atoms with Crippen molar-refractivity contribution in [3.8, 4) is 5.75 Å². The van der Waals surface area contributed by atoms with Crippen LogP contribution >= 0.6 is 11.6 Å². The molecular formula is C16H14ClF3O. The van der Waals surface area contributed by atoms with Crippen molar-refractivity contribution in [1.82, 2.24) is 0 Å². The highest BCUT2D eigenvalue weighted by molar-refractivity contribution is 6.32. The van der Waals surface area contributed by atoms with E-state index in [1.54, 1.807) is 12.1 Å². The largest absolute Gasteiger partial charge is 0.495 e. The number of methoxy groups -OCH3 is 1. The molecule has 1 unspecified atom stereocenters. The molecule has 0 amide bonds. The van der Waals surface area contributed by atoms with Crippen molar-refractivity contribution in [1.29, 1.82) is 0 Å². The van der Waals surface area contributed by atoms with Crippen molar-refractivity contribution in [3.05, 3.63) is 64.2 Å². The fraction of sp³-hybridized carbons (Fsp3) is 0.250. The van der Waals surface area contributed by atoms with Crippen molar-refractivity contribution < 1.29 is 17.9 Å². The van der Waals surface area contributed by atoms with Gasteiger partial charge in [-0.25, -0.2) is 0 Å². The van der Waals surface area contributed by atoms with E-state index in [0.717, 1.165) is 23.3 Å². The second-order valence-electron chi connectivity index (χ2n) is 4.74. The average molecular weight is 315 g/mol. The third-order valence-corrected chi connectivity index (χ3v) is 3.71. The van der Waals surface area contributed by atoms with Crippen LogP contribution in [0.3, 0.4) is 0 Å². The molecule has 2 aromatic carbocycles. The Kier molecular flexibility index (Phi) is 4.47. The molecule has 0 saturated carbocycles. The lowest BCUT2D eigenvalue weighted by molar-refractivity contribution is -0.137. The van der Waals surface area contributed by atoms with Gasteiger partial charge in [0.1, 0.15) is 5.75 Å². The minimum Gasteiger partial charge on any atom is -0.495 e. The maximum atomic E-state index is 12.5. The van der Waals surface area contributed by atoms with Gasteiger partial charge in [0.05, 0.1) is 17.7 Å². The molecular weight excluding hydrogens is 301 g/mol. The van der Waals surface area contributed by atoms with Gasteiger partial charge in [-0.2, -0.15) is 13.2 Å².